The quantitative estimate of drug-likeness (QED) is 0.756. The summed E-state index contributed by atoms with van der Waals surface area (Å²) in [4.78, 5) is 2.68. The molecule has 1 unspecified atom stereocenters. The number of thiophene rings is 1. The second-order valence-electron chi connectivity index (χ2n) is 3.88. The summed E-state index contributed by atoms with van der Waals surface area (Å²) in [5.41, 5.74) is 11.5. The van der Waals surface area contributed by atoms with Crippen molar-refractivity contribution in [1.29, 1.82) is 0 Å². The van der Waals surface area contributed by atoms with Crippen molar-refractivity contribution >= 4 is 23.1 Å². The van der Waals surface area contributed by atoms with E-state index in [2.05, 4.69) is 26.0 Å². The van der Waals surface area contributed by atoms with E-state index in [1.807, 2.05) is 23.1 Å². The molecule has 2 nitrogen and oxygen atoms in total. The van der Waals surface area contributed by atoms with E-state index >= 15 is 0 Å². The molecule has 1 rings (SSSR count). The molecule has 1 aromatic rings. The van der Waals surface area contributed by atoms with Gasteiger partial charge in [0.1, 0.15) is 0 Å². The molecule has 1 atom stereocenters. The van der Waals surface area contributed by atoms with Crippen molar-refractivity contribution in [3.05, 3.63) is 21.9 Å². The van der Waals surface area contributed by atoms with Crippen molar-refractivity contribution < 1.29 is 0 Å². The number of hydrogen-bond donors (Lipinski definition) is 2. The second kappa shape index (κ2) is 5.89. The van der Waals surface area contributed by atoms with Gasteiger partial charge in [0, 0.05) is 33.3 Å². The maximum atomic E-state index is 6.19. The van der Waals surface area contributed by atoms with E-state index in [1.165, 1.54) is 9.75 Å². The standard InChI is InChI=1S/C11H20N2S2/c1-3-11(2,13)10-5-4-9(15-10)8-14-7-6-12/h4-5H,3,6-8,12-13H2,1-2H3. The van der Waals surface area contributed by atoms with Crippen LogP contribution in [0.4, 0.5) is 0 Å². The van der Waals surface area contributed by atoms with Crippen molar-refractivity contribution in [1.82, 2.24) is 0 Å². The average Bonchev–Trinajstić information content (AvgIpc) is 2.68. The minimum Gasteiger partial charge on any atom is -0.330 e. The second-order valence-corrected chi connectivity index (χ2v) is 6.15. The molecule has 4 N–H and O–H groups in total. The molecule has 0 aliphatic carbocycles. The van der Waals surface area contributed by atoms with Crippen LogP contribution in [0.2, 0.25) is 0 Å². The Kier molecular flexibility index (Phi) is 5.12. The molecule has 86 valence electrons. The number of nitrogens with two attached hydrogens (primary N) is 2. The average molecular weight is 244 g/mol. The summed E-state index contributed by atoms with van der Waals surface area (Å²) in [6.45, 7) is 4.98. The highest BCUT2D eigenvalue weighted by Crippen LogP contribution is 2.30. The lowest BCUT2D eigenvalue weighted by atomic mass is 9.99. The highest BCUT2D eigenvalue weighted by atomic mass is 32.2. The van der Waals surface area contributed by atoms with Gasteiger partial charge >= 0.3 is 0 Å². The lowest BCUT2D eigenvalue weighted by molar-refractivity contribution is 0.486. The largest absolute Gasteiger partial charge is 0.330 e. The molecule has 0 spiro atoms. The van der Waals surface area contributed by atoms with Crippen molar-refractivity contribution in [2.75, 3.05) is 12.3 Å². The van der Waals surface area contributed by atoms with Crippen LogP contribution in [0.5, 0.6) is 0 Å². The Morgan fingerprint density at radius 2 is 2.20 bits per heavy atom. The molecule has 0 aliphatic rings. The normalized spacial score (nSPS) is 15.2. The summed E-state index contributed by atoms with van der Waals surface area (Å²) >= 11 is 3.71. The van der Waals surface area contributed by atoms with E-state index in [0.717, 1.165) is 24.5 Å². The van der Waals surface area contributed by atoms with Crippen LogP contribution in [0.3, 0.4) is 0 Å². The zero-order chi connectivity index (χ0) is 11.3. The SMILES string of the molecule is CCC(C)(N)c1ccc(CSCCN)s1. The Morgan fingerprint density at radius 1 is 1.47 bits per heavy atom. The molecule has 1 heterocycles. The van der Waals surface area contributed by atoms with Gasteiger partial charge in [0.2, 0.25) is 0 Å². The Hall–Kier alpha value is -0.0300. The van der Waals surface area contributed by atoms with Gasteiger partial charge in [0.25, 0.3) is 0 Å². The van der Waals surface area contributed by atoms with E-state index in [1.54, 1.807) is 0 Å². The first-order valence-corrected chi connectivity index (χ1v) is 7.23. The molecule has 0 fully saturated rings. The van der Waals surface area contributed by atoms with Gasteiger partial charge in [0.15, 0.2) is 0 Å². The van der Waals surface area contributed by atoms with Crippen LogP contribution in [0.25, 0.3) is 0 Å². The minimum atomic E-state index is -0.165. The summed E-state index contributed by atoms with van der Waals surface area (Å²) in [5, 5.41) is 0. The van der Waals surface area contributed by atoms with Gasteiger partial charge in [-0.15, -0.1) is 11.3 Å². The summed E-state index contributed by atoms with van der Waals surface area (Å²) in [5.74, 6) is 2.09. The maximum Gasteiger partial charge on any atom is 0.0472 e. The topological polar surface area (TPSA) is 52.0 Å². The first-order valence-electron chi connectivity index (χ1n) is 5.26. The van der Waals surface area contributed by atoms with E-state index < -0.39 is 0 Å². The van der Waals surface area contributed by atoms with E-state index in [4.69, 9.17) is 11.5 Å². The maximum absolute atomic E-state index is 6.19. The van der Waals surface area contributed by atoms with Gasteiger partial charge < -0.3 is 11.5 Å². The molecular formula is C11H20N2S2. The summed E-state index contributed by atoms with van der Waals surface area (Å²) in [6.07, 6.45) is 0.975. The molecule has 0 aliphatic heterocycles. The van der Waals surface area contributed by atoms with Gasteiger partial charge in [-0.2, -0.15) is 11.8 Å². The molecule has 0 aromatic carbocycles. The molecular weight excluding hydrogens is 224 g/mol. The fraction of sp³-hybridized carbons (Fsp3) is 0.636. The van der Waals surface area contributed by atoms with Crippen LogP contribution >= 0.6 is 23.1 Å². The van der Waals surface area contributed by atoms with Gasteiger partial charge in [0.05, 0.1) is 0 Å². The molecule has 15 heavy (non-hydrogen) atoms. The first-order chi connectivity index (χ1) is 7.10. The highest BCUT2D eigenvalue weighted by Gasteiger charge is 2.20. The summed E-state index contributed by atoms with van der Waals surface area (Å²) in [7, 11) is 0. The summed E-state index contributed by atoms with van der Waals surface area (Å²) < 4.78 is 0. The van der Waals surface area contributed by atoms with Gasteiger partial charge in [-0.05, 0) is 25.5 Å². The molecule has 0 bridgehead atoms. The third-order valence-corrected chi connectivity index (χ3v) is 5.05. The van der Waals surface area contributed by atoms with E-state index in [-0.39, 0.29) is 5.54 Å². The molecule has 4 heteroatoms. The number of hydrogen-bond acceptors (Lipinski definition) is 4. The Balaban J connectivity index is 2.56. The van der Waals surface area contributed by atoms with Crippen molar-refractivity contribution in [2.45, 2.75) is 31.6 Å². The van der Waals surface area contributed by atoms with Crippen LogP contribution in [0, 0.1) is 0 Å². The third-order valence-electron chi connectivity index (χ3n) is 2.47. The predicted octanol–water partition coefficient (Wildman–Crippen LogP) is 2.52. The zero-order valence-corrected chi connectivity index (χ0v) is 11.1. The number of rotatable bonds is 6. The predicted molar refractivity (Wildman–Crippen MR) is 71.4 cm³/mol. The Labute approximate surface area is 100 Å². The van der Waals surface area contributed by atoms with Crippen LogP contribution in [-0.4, -0.2) is 12.3 Å². The van der Waals surface area contributed by atoms with Gasteiger partial charge in [-0.3, -0.25) is 0 Å². The Bertz CT molecular complexity index is 295. The zero-order valence-electron chi connectivity index (χ0n) is 9.45. The monoisotopic (exact) mass is 244 g/mol. The molecule has 0 saturated carbocycles. The van der Waals surface area contributed by atoms with Crippen molar-refractivity contribution in [3.8, 4) is 0 Å². The lowest BCUT2D eigenvalue weighted by Gasteiger charge is -2.20. The molecule has 0 amide bonds. The Morgan fingerprint density at radius 3 is 2.80 bits per heavy atom. The fourth-order valence-electron chi connectivity index (χ4n) is 1.19. The first kappa shape index (κ1) is 13.0. The van der Waals surface area contributed by atoms with E-state index in [0.29, 0.717) is 0 Å². The van der Waals surface area contributed by atoms with Gasteiger partial charge in [-0.25, -0.2) is 0 Å². The summed E-state index contributed by atoms with van der Waals surface area (Å²) in [6, 6.07) is 4.34. The van der Waals surface area contributed by atoms with Crippen LogP contribution in [0.1, 0.15) is 30.0 Å². The minimum absolute atomic E-state index is 0.165. The van der Waals surface area contributed by atoms with Crippen molar-refractivity contribution in [3.63, 3.8) is 0 Å². The fourth-order valence-corrected chi connectivity index (χ4v) is 3.22. The van der Waals surface area contributed by atoms with E-state index in [9.17, 15) is 0 Å². The highest BCUT2D eigenvalue weighted by molar-refractivity contribution is 7.98. The van der Waals surface area contributed by atoms with Gasteiger partial charge in [-0.1, -0.05) is 6.92 Å². The van der Waals surface area contributed by atoms with Crippen molar-refractivity contribution in [2.24, 2.45) is 11.5 Å². The molecule has 0 saturated heterocycles. The van der Waals surface area contributed by atoms with Crippen LogP contribution < -0.4 is 11.5 Å². The van der Waals surface area contributed by atoms with Crippen LogP contribution in [-0.2, 0) is 11.3 Å². The molecule has 1 aromatic heterocycles. The lowest BCUT2D eigenvalue weighted by Crippen LogP contribution is -2.30. The molecule has 0 radical (unpaired) electrons. The van der Waals surface area contributed by atoms with Crippen LogP contribution in [0.15, 0.2) is 12.1 Å². The smallest absolute Gasteiger partial charge is 0.0472 e. The third kappa shape index (κ3) is 3.79. The number of thioether (sulfide) groups is 1.